The number of aryl methyl sites for hydroxylation is 1. The maximum Gasteiger partial charge on any atom is 0.433 e. The summed E-state index contributed by atoms with van der Waals surface area (Å²) in [7, 11) is 0. The summed E-state index contributed by atoms with van der Waals surface area (Å²) in [4.78, 5) is 23.9. The molecule has 3 aromatic rings. The van der Waals surface area contributed by atoms with Crippen LogP contribution in [0.15, 0.2) is 67.2 Å². The third-order valence-corrected chi connectivity index (χ3v) is 5.04. The molecule has 0 radical (unpaired) electrons. The fourth-order valence-electron chi connectivity index (χ4n) is 3.39. The molecule has 0 spiro atoms. The van der Waals surface area contributed by atoms with Crippen molar-refractivity contribution in [3.8, 4) is 11.1 Å². The lowest BCUT2D eigenvalue weighted by Crippen LogP contribution is -2.27. The van der Waals surface area contributed by atoms with Crippen LogP contribution >= 0.6 is 0 Å². The molecule has 0 saturated heterocycles. The van der Waals surface area contributed by atoms with Gasteiger partial charge in [0.05, 0.1) is 23.3 Å². The molecule has 35 heavy (non-hydrogen) atoms. The molecule has 0 saturated carbocycles. The number of hydrogen-bond donors (Lipinski definition) is 1. The molecule has 0 aliphatic heterocycles. The number of allylic oxidation sites excluding steroid dienone is 4. The zero-order chi connectivity index (χ0) is 25.8. The number of halogens is 4. The van der Waals surface area contributed by atoms with Crippen LogP contribution in [0.4, 0.5) is 17.6 Å². The van der Waals surface area contributed by atoms with Crippen molar-refractivity contribution in [2.24, 2.45) is 0 Å². The number of carbonyl (C=O) groups excluding carboxylic acids is 1. The van der Waals surface area contributed by atoms with Crippen molar-refractivity contribution >= 4 is 11.5 Å². The Hall–Kier alpha value is -4.15. The van der Waals surface area contributed by atoms with Crippen molar-refractivity contribution < 1.29 is 22.4 Å². The Bertz CT molecular complexity index is 1310. The molecule has 182 valence electrons. The first-order valence-corrected chi connectivity index (χ1v) is 10.4. The first-order chi connectivity index (χ1) is 16.5. The number of amides is 1. The maximum absolute atomic E-state index is 14.7. The standard InChI is InChI=1S/C24H22F4N6O/c1-5-17(20-12-29-8-9-30-20)10-19(25)14(2)32-22(35)13-34-16(4)23(15(3)33-34)18-6-7-31-21(11-18)24(26,27)28/h5-12H,2,13H2,1,3-4H3,(H,32,35)/b17-5+,19-10+. The van der Waals surface area contributed by atoms with E-state index in [4.69, 9.17) is 0 Å². The van der Waals surface area contributed by atoms with Gasteiger partial charge in [-0.1, -0.05) is 12.7 Å². The molecule has 0 aliphatic carbocycles. The van der Waals surface area contributed by atoms with Crippen molar-refractivity contribution in [2.45, 2.75) is 33.5 Å². The second-order valence-electron chi connectivity index (χ2n) is 7.48. The van der Waals surface area contributed by atoms with E-state index in [1.807, 2.05) is 0 Å². The predicted molar refractivity (Wildman–Crippen MR) is 122 cm³/mol. The molecule has 0 bridgehead atoms. The Balaban J connectivity index is 1.75. The van der Waals surface area contributed by atoms with Crippen LogP contribution in [0.5, 0.6) is 0 Å². The number of rotatable bonds is 7. The van der Waals surface area contributed by atoms with Gasteiger partial charge in [-0.2, -0.15) is 18.3 Å². The molecule has 7 nitrogen and oxygen atoms in total. The highest BCUT2D eigenvalue weighted by molar-refractivity contribution is 5.80. The van der Waals surface area contributed by atoms with Gasteiger partial charge in [-0.3, -0.25) is 24.4 Å². The fraction of sp³-hybridized carbons (Fsp3) is 0.208. The molecule has 0 atom stereocenters. The van der Waals surface area contributed by atoms with E-state index in [0.29, 0.717) is 28.2 Å². The SMILES string of the molecule is C=C(NC(=O)Cn1nc(C)c(-c2ccnc(C(F)(F)F)c2)c1C)/C(F)=C\C(=C/C)c1cnccn1. The molecule has 11 heteroatoms. The summed E-state index contributed by atoms with van der Waals surface area (Å²) in [5.74, 6) is -1.38. The summed E-state index contributed by atoms with van der Waals surface area (Å²) in [5.41, 5.74) is 1.24. The molecule has 1 N–H and O–H groups in total. The van der Waals surface area contributed by atoms with E-state index in [9.17, 15) is 22.4 Å². The quantitative estimate of drug-likeness (QED) is 0.377. The van der Waals surface area contributed by atoms with E-state index >= 15 is 0 Å². The second kappa shape index (κ2) is 10.4. The van der Waals surface area contributed by atoms with Crippen LogP contribution in [0.25, 0.3) is 16.7 Å². The van der Waals surface area contributed by atoms with Gasteiger partial charge in [0.25, 0.3) is 0 Å². The van der Waals surface area contributed by atoms with E-state index in [1.54, 1.807) is 26.8 Å². The van der Waals surface area contributed by atoms with Gasteiger partial charge in [-0.15, -0.1) is 0 Å². The van der Waals surface area contributed by atoms with E-state index in [2.05, 4.69) is 31.9 Å². The normalized spacial score (nSPS) is 12.5. The van der Waals surface area contributed by atoms with Gasteiger partial charge in [0.2, 0.25) is 5.91 Å². The van der Waals surface area contributed by atoms with E-state index < -0.39 is 23.6 Å². The predicted octanol–water partition coefficient (Wildman–Crippen LogP) is 4.96. The number of nitrogens with one attached hydrogen (secondary N) is 1. The van der Waals surface area contributed by atoms with Crippen LogP contribution in [0.1, 0.15) is 29.7 Å². The number of hydrogen-bond acceptors (Lipinski definition) is 5. The molecule has 0 aliphatic rings. The molecule has 3 aromatic heterocycles. The number of alkyl halides is 3. The van der Waals surface area contributed by atoms with Crippen LogP contribution in [0.2, 0.25) is 0 Å². The van der Waals surface area contributed by atoms with Crippen molar-refractivity contribution in [1.82, 2.24) is 30.0 Å². The highest BCUT2D eigenvalue weighted by Crippen LogP contribution is 2.32. The monoisotopic (exact) mass is 486 g/mol. The van der Waals surface area contributed by atoms with Gasteiger partial charge >= 0.3 is 6.18 Å². The minimum absolute atomic E-state index is 0.260. The maximum atomic E-state index is 14.7. The third kappa shape index (κ3) is 6.05. The first-order valence-electron chi connectivity index (χ1n) is 10.4. The smallest absolute Gasteiger partial charge is 0.322 e. The van der Waals surface area contributed by atoms with Crippen molar-refractivity contribution in [2.75, 3.05) is 0 Å². The number of carbonyl (C=O) groups is 1. The van der Waals surface area contributed by atoms with Gasteiger partial charge in [0, 0.05) is 35.4 Å². The van der Waals surface area contributed by atoms with Crippen molar-refractivity contribution in [1.29, 1.82) is 0 Å². The summed E-state index contributed by atoms with van der Waals surface area (Å²) in [6, 6.07) is 2.37. The molecular formula is C24H22F4N6O. The van der Waals surface area contributed by atoms with Gasteiger partial charge in [0.15, 0.2) is 0 Å². The molecular weight excluding hydrogens is 464 g/mol. The van der Waals surface area contributed by atoms with E-state index in [-0.39, 0.29) is 17.8 Å². The van der Waals surface area contributed by atoms with E-state index in [1.165, 1.54) is 35.4 Å². The second-order valence-corrected chi connectivity index (χ2v) is 7.48. The molecule has 3 rings (SSSR count). The summed E-state index contributed by atoms with van der Waals surface area (Å²) in [6.07, 6.45) is 3.73. The number of nitrogens with zero attached hydrogens (tertiary/aromatic N) is 5. The topological polar surface area (TPSA) is 85.6 Å². The number of pyridine rings is 1. The van der Waals surface area contributed by atoms with Crippen LogP contribution < -0.4 is 5.32 Å². The lowest BCUT2D eigenvalue weighted by atomic mass is 10.0. The van der Waals surface area contributed by atoms with E-state index in [0.717, 1.165) is 12.3 Å². The largest absolute Gasteiger partial charge is 0.433 e. The minimum atomic E-state index is -4.59. The summed E-state index contributed by atoms with van der Waals surface area (Å²) < 4.78 is 55.2. The summed E-state index contributed by atoms with van der Waals surface area (Å²) in [6.45, 7) is 8.22. The average Bonchev–Trinajstić information content (AvgIpc) is 3.09. The Kier molecular flexibility index (Phi) is 7.58. The molecule has 3 heterocycles. The molecule has 0 aromatic carbocycles. The average molecular weight is 486 g/mol. The van der Waals surface area contributed by atoms with Crippen molar-refractivity contribution in [3.63, 3.8) is 0 Å². The van der Waals surface area contributed by atoms with Crippen LogP contribution in [-0.4, -0.2) is 30.6 Å². The molecule has 0 unspecified atom stereocenters. The van der Waals surface area contributed by atoms with Gasteiger partial charge in [0.1, 0.15) is 18.1 Å². The Morgan fingerprint density at radius 1 is 1.20 bits per heavy atom. The fourth-order valence-corrected chi connectivity index (χ4v) is 3.39. The Morgan fingerprint density at radius 2 is 1.94 bits per heavy atom. The van der Waals surface area contributed by atoms with Crippen molar-refractivity contribution in [3.05, 3.63) is 90.0 Å². The zero-order valence-electron chi connectivity index (χ0n) is 19.2. The highest BCUT2D eigenvalue weighted by Gasteiger charge is 2.33. The number of aromatic nitrogens is 5. The highest BCUT2D eigenvalue weighted by atomic mass is 19.4. The van der Waals surface area contributed by atoms with Crippen LogP contribution in [-0.2, 0) is 17.5 Å². The summed E-state index contributed by atoms with van der Waals surface area (Å²) in [5, 5.41) is 6.64. The van der Waals surface area contributed by atoms with Gasteiger partial charge < -0.3 is 5.32 Å². The first kappa shape index (κ1) is 25.5. The summed E-state index contributed by atoms with van der Waals surface area (Å²) >= 11 is 0. The Labute approximate surface area is 198 Å². The lowest BCUT2D eigenvalue weighted by Gasteiger charge is -2.10. The molecule has 1 amide bonds. The molecule has 0 fully saturated rings. The Morgan fingerprint density at radius 3 is 2.57 bits per heavy atom. The van der Waals surface area contributed by atoms with Gasteiger partial charge in [-0.25, -0.2) is 4.39 Å². The van der Waals surface area contributed by atoms with Crippen LogP contribution in [0, 0.1) is 13.8 Å². The van der Waals surface area contributed by atoms with Gasteiger partial charge in [-0.05, 0) is 44.5 Å². The lowest BCUT2D eigenvalue weighted by molar-refractivity contribution is -0.141. The third-order valence-electron chi connectivity index (χ3n) is 5.04. The minimum Gasteiger partial charge on any atom is -0.322 e. The van der Waals surface area contributed by atoms with Crippen LogP contribution in [0.3, 0.4) is 0 Å². The zero-order valence-corrected chi connectivity index (χ0v) is 19.2.